The molecule has 3 heterocycles. The molecule has 0 aliphatic carbocycles. The molecule has 1 saturated heterocycles. The number of pyridine rings is 1. The molecule has 1 atom stereocenters. The molecule has 2 aromatic heterocycles. The number of carbonyl (C=O) groups is 2. The van der Waals surface area contributed by atoms with Gasteiger partial charge in [-0.2, -0.15) is 4.73 Å². The van der Waals surface area contributed by atoms with Crippen molar-refractivity contribution in [2.75, 3.05) is 19.7 Å². The Kier molecular flexibility index (Phi) is 5.21. The van der Waals surface area contributed by atoms with Gasteiger partial charge in [-0.1, -0.05) is 12.1 Å². The van der Waals surface area contributed by atoms with Gasteiger partial charge < -0.3 is 14.8 Å². The van der Waals surface area contributed by atoms with Crippen LogP contribution in [0.3, 0.4) is 0 Å². The number of fused-ring (bicyclic) bond motifs is 1. The quantitative estimate of drug-likeness (QED) is 0.384. The van der Waals surface area contributed by atoms with Crippen molar-refractivity contribution in [2.24, 2.45) is 0 Å². The number of hydrogen-bond acceptors (Lipinski definition) is 6. The van der Waals surface area contributed by atoms with Crippen LogP contribution in [0.15, 0.2) is 48.8 Å². The summed E-state index contributed by atoms with van der Waals surface area (Å²) < 4.78 is 6.85. The highest BCUT2D eigenvalue weighted by atomic mass is 32.1. The fourth-order valence-corrected chi connectivity index (χ4v) is 4.41. The van der Waals surface area contributed by atoms with Gasteiger partial charge in [-0.15, -0.1) is 11.3 Å². The number of ether oxygens (including phenoxy) is 1. The number of carbonyl (C=O) groups excluding carboxylic acids is 2. The van der Waals surface area contributed by atoms with Crippen LogP contribution in [0.1, 0.15) is 34.1 Å². The molecular formula is C20H19N3O4S. The molecule has 1 amide bonds. The largest absolute Gasteiger partial charge is 0.619 e. The summed E-state index contributed by atoms with van der Waals surface area (Å²) in [5, 5.41) is 12.1. The molecule has 144 valence electrons. The van der Waals surface area contributed by atoms with Crippen molar-refractivity contribution in [1.29, 1.82) is 0 Å². The van der Waals surface area contributed by atoms with Gasteiger partial charge in [-0.3, -0.25) is 4.79 Å². The van der Waals surface area contributed by atoms with Crippen molar-refractivity contribution in [3.05, 3.63) is 64.6 Å². The van der Waals surface area contributed by atoms with Gasteiger partial charge in [-0.05, 0) is 25.0 Å². The molecule has 7 nitrogen and oxygen atoms in total. The minimum atomic E-state index is -0.617. The first-order valence-corrected chi connectivity index (χ1v) is 9.91. The molecule has 0 bridgehead atoms. The molecule has 0 spiro atoms. The molecule has 28 heavy (non-hydrogen) atoms. The molecule has 8 heteroatoms. The van der Waals surface area contributed by atoms with E-state index in [0.29, 0.717) is 17.8 Å². The molecule has 0 saturated carbocycles. The molecule has 1 aliphatic rings. The van der Waals surface area contributed by atoms with Crippen LogP contribution in [0.2, 0.25) is 0 Å². The summed E-state index contributed by atoms with van der Waals surface area (Å²) in [6.45, 7) is 0.925. The number of rotatable bonds is 4. The lowest BCUT2D eigenvalue weighted by atomic mass is 9.99. The van der Waals surface area contributed by atoms with Crippen LogP contribution in [0.4, 0.5) is 0 Å². The first-order valence-electron chi connectivity index (χ1n) is 9.09. The zero-order valence-corrected chi connectivity index (χ0v) is 15.9. The first kappa shape index (κ1) is 18.4. The monoisotopic (exact) mass is 397 g/mol. The third-order valence-electron chi connectivity index (χ3n) is 4.80. The minimum Gasteiger partial charge on any atom is -0.619 e. The number of amides is 1. The normalized spacial score (nSPS) is 16.9. The van der Waals surface area contributed by atoms with Gasteiger partial charge in [0.2, 0.25) is 0 Å². The maximum absolute atomic E-state index is 12.5. The summed E-state index contributed by atoms with van der Waals surface area (Å²) in [7, 11) is 0. The van der Waals surface area contributed by atoms with E-state index in [4.69, 9.17) is 9.72 Å². The minimum absolute atomic E-state index is 0.201. The second-order valence-corrected chi connectivity index (χ2v) is 7.78. The second kappa shape index (κ2) is 7.93. The lowest BCUT2D eigenvalue weighted by Crippen LogP contribution is -2.41. The van der Waals surface area contributed by atoms with Gasteiger partial charge in [-0.25, -0.2) is 9.78 Å². The van der Waals surface area contributed by atoms with Gasteiger partial charge in [0.1, 0.15) is 0 Å². The second-order valence-electron chi connectivity index (χ2n) is 6.72. The Morgan fingerprint density at radius 1 is 1.25 bits per heavy atom. The number of thiazole rings is 1. The summed E-state index contributed by atoms with van der Waals surface area (Å²) in [6, 6.07) is 10.8. The summed E-state index contributed by atoms with van der Waals surface area (Å²) in [5.74, 6) is -0.630. The van der Waals surface area contributed by atoms with Crippen LogP contribution in [-0.4, -0.2) is 41.5 Å². The molecule has 0 radical (unpaired) electrons. The fraction of sp³-hybridized carbons (Fsp3) is 0.300. The lowest BCUT2D eigenvalue weighted by molar-refractivity contribution is -0.605. The van der Waals surface area contributed by atoms with E-state index in [0.717, 1.165) is 28.1 Å². The Morgan fingerprint density at radius 3 is 2.82 bits per heavy atom. The number of hydrogen-bond donors (Lipinski definition) is 0. The summed E-state index contributed by atoms with van der Waals surface area (Å²) >= 11 is 1.67. The van der Waals surface area contributed by atoms with E-state index in [1.54, 1.807) is 16.2 Å². The third kappa shape index (κ3) is 3.96. The molecule has 0 unspecified atom stereocenters. The van der Waals surface area contributed by atoms with E-state index in [1.807, 2.05) is 18.2 Å². The Bertz CT molecular complexity index is 969. The van der Waals surface area contributed by atoms with E-state index >= 15 is 0 Å². The number of nitrogens with zero attached hydrogens (tertiary/aromatic N) is 3. The maximum atomic E-state index is 12.5. The summed E-state index contributed by atoms with van der Waals surface area (Å²) in [6.07, 6.45) is 4.31. The Morgan fingerprint density at radius 2 is 2.04 bits per heavy atom. The Hall–Kier alpha value is -3.00. The topological polar surface area (TPSA) is 86.4 Å². The van der Waals surface area contributed by atoms with Crippen LogP contribution in [-0.2, 0) is 9.53 Å². The predicted octanol–water partition coefficient (Wildman–Crippen LogP) is 2.49. The molecular weight excluding hydrogens is 378 g/mol. The third-order valence-corrected chi connectivity index (χ3v) is 6.00. The summed E-state index contributed by atoms with van der Waals surface area (Å²) in [4.78, 5) is 31.0. The lowest BCUT2D eigenvalue weighted by Gasteiger charge is -2.31. The van der Waals surface area contributed by atoms with Crippen molar-refractivity contribution in [3.8, 4) is 0 Å². The number of likely N-dealkylation sites (tertiary alicyclic amines) is 1. The summed E-state index contributed by atoms with van der Waals surface area (Å²) in [5.41, 5.74) is 1.23. The molecule has 1 aliphatic heterocycles. The Labute approximate surface area is 165 Å². The zero-order valence-electron chi connectivity index (χ0n) is 15.1. The highest BCUT2D eigenvalue weighted by Gasteiger charge is 2.27. The highest BCUT2D eigenvalue weighted by molar-refractivity contribution is 7.18. The number of benzene rings is 1. The van der Waals surface area contributed by atoms with E-state index < -0.39 is 5.97 Å². The highest BCUT2D eigenvalue weighted by Crippen LogP contribution is 2.32. The standard InChI is InChI=1S/C20H19N3O4S/c24-18(13-27-20(25)14-7-10-23(26)11-8-14)22-9-3-4-15(12-22)19-21-16-5-1-2-6-17(16)28-19/h1-2,5-8,10-11,15H,3-4,9,12-13H2/t15-/m1/s1. The smallest absolute Gasteiger partial charge is 0.339 e. The number of esters is 1. The maximum Gasteiger partial charge on any atom is 0.339 e. The van der Waals surface area contributed by atoms with E-state index in [-0.39, 0.29) is 24.0 Å². The molecule has 4 rings (SSSR count). The Balaban J connectivity index is 1.36. The van der Waals surface area contributed by atoms with Crippen molar-refractivity contribution in [1.82, 2.24) is 9.88 Å². The van der Waals surface area contributed by atoms with Crippen molar-refractivity contribution in [2.45, 2.75) is 18.8 Å². The molecule has 1 aromatic carbocycles. The van der Waals surface area contributed by atoms with E-state index in [9.17, 15) is 14.8 Å². The van der Waals surface area contributed by atoms with Crippen molar-refractivity contribution in [3.63, 3.8) is 0 Å². The number of aromatic nitrogens is 2. The first-order chi connectivity index (χ1) is 13.6. The number of para-hydroxylation sites is 1. The van der Waals surface area contributed by atoms with Crippen molar-refractivity contribution < 1.29 is 19.1 Å². The average molecular weight is 397 g/mol. The van der Waals surface area contributed by atoms with Crippen LogP contribution in [0.5, 0.6) is 0 Å². The van der Waals surface area contributed by atoms with Crippen LogP contribution in [0.25, 0.3) is 10.2 Å². The van der Waals surface area contributed by atoms with Crippen LogP contribution < -0.4 is 4.73 Å². The number of piperidine rings is 1. The van der Waals surface area contributed by atoms with Gasteiger partial charge >= 0.3 is 5.97 Å². The van der Waals surface area contributed by atoms with Gasteiger partial charge in [0, 0.05) is 31.1 Å². The SMILES string of the molecule is O=C(OCC(=O)N1CCC[C@@H](c2nc3ccccc3s2)C1)c1cc[n+]([O-])cc1. The van der Waals surface area contributed by atoms with Crippen LogP contribution in [0, 0.1) is 5.21 Å². The molecule has 3 aromatic rings. The van der Waals surface area contributed by atoms with Gasteiger partial charge in [0.15, 0.2) is 19.0 Å². The van der Waals surface area contributed by atoms with E-state index in [1.165, 1.54) is 24.5 Å². The van der Waals surface area contributed by atoms with Crippen LogP contribution >= 0.6 is 11.3 Å². The molecule has 0 N–H and O–H groups in total. The van der Waals surface area contributed by atoms with Gasteiger partial charge in [0.05, 0.1) is 20.8 Å². The fourth-order valence-electron chi connectivity index (χ4n) is 3.32. The predicted molar refractivity (Wildman–Crippen MR) is 104 cm³/mol. The zero-order chi connectivity index (χ0) is 19.5. The van der Waals surface area contributed by atoms with E-state index in [2.05, 4.69) is 6.07 Å². The molecule has 1 fully saturated rings. The van der Waals surface area contributed by atoms with Crippen molar-refractivity contribution >= 4 is 33.4 Å². The van der Waals surface area contributed by atoms with Gasteiger partial charge in [0.25, 0.3) is 5.91 Å². The average Bonchev–Trinajstić information content (AvgIpc) is 3.17.